The van der Waals surface area contributed by atoms with Crippen molar-refractivity contribution in [2.75, 3.05) is 5.32 Å². The fourth-order valence-electron chi connectivity index (χ4n) is 4.48. The largest absolute Gasteiger partial charge is 0.461 e. The van der Waals surface area contributed by atoms with E-state index in [2.05, 4.69) is 23.4 Å². The minimum absolute atomic E-state index is 0.0242. The molecule has 3 aliphatic rings. The van der Waals surface area contributed by atoms with Crippen LogP contribution in [-0.2, 0) is 40.5 Å². The van der Waals surface area contributed by atoms with Crippen molar-refractivity contribution in [2.24, 2.45) is 5.14 Å². The third-order valence-corrected chi connectivity index (χ3v) is 6.70. The summed E-state index contributed by atoms with van der Waals surface area (Å²) in [6.07, 6.45) is 4.70. The number of rotatable bonds is 3. The van der Waals surface area contributed by atoms with Gasteiger partial charge in [-0.25, -0.2) is 18.8 Å². The van der Waals surface area contributed by atoms with Gasteiger partial charge in [-0.15, -0.1) is 0 Å². The highest BCUT2D eigenvalue weighted by molar-refractivity contribution is 7.90. The summed E-state index contributed by atoms with van der Waals surface area (Å²) in [6, 6.07) is 2.30. The van der Waals surface area contributed by atoms with E-state index in [1.165, 1.54) is 33.1 Å². The number of anilines is 1. The lowest BCUT2D eigenvalue weighted by Crippen LogP contribution is -2.34. The molecule has 0 saturated carbocycles. The third kappa shape index (κ3) is 2.49. The van der Waals surface area contributed by atoms with Crippen LogP contribution in [0, 0.1) is 4.78 Å². The van der Waals surface area contributed by atoms with Gasteiger partial charge in [-0.05, 0) is 53.9 Å². The molecule has 1 amide bonds. The summed E-state index contributed by atoms with van der Waals surface area (Å²) in [5, 5.41) is 12.6. The molecule has 27 heavy (non-hydrogen) atoms. The minimum atomic E-state index is -3.45. The molecule has 4 N–H and O–H groups in total. The van der Waals surface area contributed by atoms with Gasteiger partial charge in [-0.1, -0.05) is 13.0 Å². The molecule has 0 saturated heterocycles. The molecule has 2 unspecified atom stereocenters. The summed E-state index contributed by atoms with van der Waals surface area (Å²) in [5.41, 5.74) is 6.13. The highest BCUT2D eigenvalue weighted by Crippen LogP contribution is 2.45. The van der Waals surface area contributed by atoms with Crippen molar-refractivity contribution < 1.29 is 13.7 Å². The lowest BCUT2D eigenvalue weighted by atomic mass is 9.75. The van der Waals surface area contributed by atoms with Crippen molar-refractivity contribution >= 4 is 21.5 Å². The average molecular weight is 387 g/mol. The van der Waals surface area contributed by atoms with E-state index in [-0.39, 0.29) is 23.2 Å². The molecule has 3 atom stereocenters. The second-order valence-corrected chi connectivity index (χ2v) is 9.25. The summed E-state index contributed by atoms with van der Waals surface area (Å²) in [6.45, 7) is 2.39. The fraction of sp³-hybridized carbons (Fsp3) is 0.444. The second kappa shape index (κ2) is 5.56. The van der Waals surface area contributed by atoms with Crippen LogP contribution in [0.1, 0.15) is 41.5 Å². The van der Waals surface area contributed by atoms with Gasteiger partial charge in [0.1, 0.15) is 14.8 Å². The predicted molar refractivity (Wildman–Crippen MR) is 99.2 cm³/mol. The Hall–Kier alpha value is -2.39. The first-order chi connectivity index (χ1) is 12.8. The van der Waals surface area contributed by atoms with Gasteiger partial charge in [0.15, 0.2) is 6.10 Å². The molecule has 9 heteroatoms. The zero-order chi connectivity index (χ0) is 18.9. The van der Waals surface area contributed by atoms with Gasteiger partial charge in [0, 0.05) is 5.69 Å². The smallest absolute Gasteiger partial charge is 0.267 e. The predicted octanol–water partition coefficient (Wildman–Crippen LogP) is 1.71. The van der Waals surface area contributed by atoms with Crippen molar-refractivity contribution in [3.63, 3.8) is 0 Å². The monoisotopic (exact) mass is 387 g/mol. The van der Waals surface area contributed by atoms with Gasteiger partial charge < -0.3 is 10.1 Å². The summed E-state index contributed by atoms with van der Waals surface area (Å²) in [5.74, 6) is 0.344. The molecule has 5 rings (SSSR count). The molecule has 142 valence electrons. The van der Waals surface area contributed by atoms with Crippen LogP contribution in [0.15, 0.2) is 17.2 Å². The molecule has 0 spiro atoms. The number of hydrogen-bond acceptors (Lipinski definition) is 5. The minimum Gasteiger partial charge on any atom is -0.461 e. The van der Waals surface area contributed by atoms with Crippen LogP contribution >= 0.6 is 0 Å². The molecule has 2 heterocycles. The molecule has 1 aromatic carbocycles. The van der Waals surface area contributed by atoms with Crippen LogP contribution in [0.2, 0.25) is 0 Å². The molecule has 0 bridgehead atoms. The highest BCUT2D eigenvalue weighted by atomic mass is 32.2. The Balaban J connectivity index is 1.42. The van der Waals surface area contributed by atoms with E-state index in [0.717, 1.165) is 31.4 Å². The number of fused-ring (bicyclic) bond motifs is 3. The average Bonchev–Trinajstić information content (AvgIpc) is 3.27. The van der Waals surface area contributed by atoms with Crippen LogP contribution in [0.5, 0.6) is 5.88 Å². The van der Waals surface area contributed by atoms with E-state index in [1.54, 1.807) is 0 Å². The number of aromatic nitrogens is 2. The number of ether oxygens (including phenoxy) is 1. The van der Waals surface area contributed by atoms with Crippen LogP contribution in [0.4, 0.5) is 5.69 Å². The van der Waals surface area contributed by atoms with E-state index in [0.29, 0.717) is 5.92 Å². The Bertz CT molecular complexity index is 1090. The Morgan fingerprint density at radius 1 is 1.44 bits per heavy atom. The summed E-state index contributed by atoms with van der Waals surface area (Å²) >= 11 is 0. The number of carbonyl (C=O) groups excluding carboxylic acids is 1. The molecule has 1 aliphatic heterocycles. The van der Waals surface area contributed by atoms with E-state index in [4.69, 9.17) is 14.7 Å². The van der Waals surface area contributed by atoms with Crippen molar-refractivity contribution in [3.8, 4) is 5.88 Å². The van der Waals surface area contributed by atoms with Crippen molar-refractivity contribution in [1.29, 1.82) is 4.78 Å². The lowest BCUT2D eigenvalue weighted by Gasteiger charge is -2.32. The zero-order valence-electron chi connectivity index (χ0n) is 14.9. The number of carbonyl (C=O) groups is 1. The molecule has 2 aromatic rings. The van der Waals surface area contributed by atoms with Crippen LogP contribution in [0.25, 0.3) is 0 Å². The first-order valence-corrected chi connectivity index (χ1v) is 10.7. The van der Waals surface area contributed by atoms with Crippen LogP contribution in [0.3, 0.4) is 0 Å². The van der Waals surface area contributed by atoms with Gasteiger partial charge in [0.2, 0.25) is 5.88 Å². The maximum absolute atomic E-state index is 12.9. The maximum Gasteiger partial charge on any atom is 0.267 e. The summed E-state index contributed by atoms with van der Waals surface area (Å²) in [7, 11) is -3.45. The zero-order valence-corrected chi connectivity index (χ0v) is 15.8. The van der Waals surface area contributed by atoms with E-state index in [1.807, 2.05) is 0 Å². The molecular weight excluding hydrogens is 366 g/mol. The molecule has 1 aromatic heterocycles. The second-order valence-electron chi connectivity index (χ2n) is 7.61. The van der Waals surface area contributed by atoms with E-state index in [9.17, 15) is 9.00 Å². The van der Waals surface area contributed by atoms with Gasteiger partial charge in [0.05, 0.1) is 12.7 Å². The molecule has 0 fully saturated rings. The molecule has 0 radical (unpaired) electrons. The van der Waals surface area contributed by atoms with E-state index >= 15 is 0 Å². The van der Waals surface area contributed by atoms with Gasteiger partial charge in [-0.3, -0.25) is 4.79 Å². The topological polar surface area (TPSA) is 123 Å². The number of hydrogen-bond donors (Lipinski definition) is 3. The standard InChI is InChI=1S/C18H21N5O3S/c1-9-5-11-6-10-3-2-4-12(10)16(15(9)11)22-17(24)13-8-23-18(26-13)14(7-21-23)27(19,20)25/h6-7,9,13H,2-5,8H2,1H3,(H,22,24)(H3,19,20,25)/t9-,13?/m1/s1. The Kier molecular flexibility index (Phi) is 3.45. The fourth-order valence-corrected chi connectivity index (χ4v) is 5.10. The quantitative estimate of drug-likeness (QED) is 0.742. The summed E-state index contributed by atoms with van der Waals surface area (Å²) in [4.78, 5) is 12.9. The first kappa shape index (κ1) is 16.8. The number of amides is 1. The van der Waals surface area contributed by atoms with Gasteiger partial charge in [0.25, 0.3) is 5.91 Å². The molecule has 8 nitrogen and oxygen atoms in total. The highest BCUT2D eigenvalue weighted by Gasteiger charge is 2.36. The Morgan fingerprint density at radius 2 is 2.26 bits per heavy atom. The number of nitrogens with zero attached hydrogens (tertiary/aromatic N) is 2. The van der Waals surface area contributed by atoms with E-state index < -0.39 is 16.0 Å². The van der Waals surface area contributed by atoms with Gasteiger partial charge >= 0.3 is 0 Å². The Morgan fingerprint density at radius 3 is 3.00 bits per heavy atom. The third-order valence-electron chi connectivity index (χ3n) is 5.76. The van der Waals surface area contributed by atoms with Crippen molar-refractivity contribution in [2.45, 2.75) is 56.1 Å². The lowest BCUT2D eigenvalue weighted by molar-refractivity contribution is -0.122. The van der Waals surface area contributed by atoms with Crippen LogP contribution < -0.4 is 15.2 Å². The van der Waals surface area contributed by atoms with Gasteiger partial charge in [-0.2, -0.15) is 5.10 Å². The van der Waals surface area contributed by atoms with Crippen molar-refractivity contribution in [3.05, 3.63) is 34.5 Å². The molecule has 2 aliphatic carbocycles. The van der Waals surface area contributed by atoms with Crippen LogP contribution in [-0.4, -0.2) is 26.0 Å². The normalized spacial score (nSPS) is 24.2. The van der Waals surface area contributed by atoms with Crippen molar-refractivity contribution in [1.82, 2.24) is 9.78 Å². The molecular formula is C18H21N5O3S. The number of aryl methyl sites for hydroxylation is 1. The SMILES string of the molecule is C[C@@H]1Cc2cc3c(c(NC(=O)C4Cn5ncc(S(=N)(N)=O)c5O4)c21)CCC3. The first-order valence-electron chi connectivity index (χ1n) is 9.10. The number of nitrogens with two attached hydrogens (primary N) is 1. The summed E-state index contributed by atoms with van der Waals surface area (Å²) < 4.78 is 26.5. The number of benzene rings is 1. The maximum atomic E-state index is 12.9. The Labute approximate surface area is 157 Å². The number of nitrogens with one attached hydrogen (secondary N) is 2.